The Morgan fingerprint density at radius 3 is 1.89 bits per heavy atom. The third kappa shape index (κ3) is 4.81. The Labute approximate surface area is 309 Å². The molecule has 54 heavy (non-hydrogen) atoms. The first-order valence-corrected chi connectivity index (χ1v) is 18.0. The second kappa shape index (κ2) is 12.1. The molecule has 11 aromatic rings. The molecule has 0 saturated carbocycles. The van der Waals surface area contributed by atoms with Crippen LogP contribution >= 0.6 is 0 Å². The second-order valence-electron chi connectivity index (χ2n) is 13.5. The van der Waals surface area contributed by atoms with Crippen molar-refractivity contribution >= 4 is 54.6 Å². The number of para-hydroxylation sites is 3. The van der Waals surface area contributed by atoms with Gasteiger partial charge < -0.3 is 8.98 Å². The summed E-state index contributed by atoms with van der Waals surface area (Å²) in [6.07, 6.45) is 1.90. The lowest BCUT2D eigenvalue weighted by Gasteiger charge is -2.11. The average molecular weight is 692 g/mol. The number of benzene rings is 7. The maximum absolute atomic E-state index is 6.53. The van der Waals surface area contributed by atoms with Crippen LogP contribution in [-0.4, -0.2) is 24.5 Å². The van der Waals surface area contributed by atoms with Crippen LogP contribution in [0.1, 0.15) is 0 Å². The number of nitrogens with zero attached hydrogens (tertiary/aromatic N) is 5. The molecule has 7 aromatic carbocycles. The van der Waals surface area contributed by atoms with E-state index < -0.39 is 0 Å². The summed E-state index contributed by atoms with van der Waals surface area (Å²) >= 11 is 0. The van der Waals surface area contributed by atoms with Crippen LogP contribution in [0.4, 0.5) is 0 Å². The van der Waals surface area contributed by atoms with E-state index in [0.717, 1.165) is 77.4 Å². The minimum absolute atomic E-state index is 0.562. The zero-order valence-electron chi connectivity index (χ0n) is 28.9. The fraction of sp³-hybridized carbons (Fsp3) is 0. The fourth-order valence-corrected chi connectivity index (χ4v) is 7.76. The summed E-state index contributed by atoms with van der Waals surface area (Å²) in [6.45, 7) is 0. The molecular formula is C48H29N5O. The Bertz CT molecular complexity index is 3200. The number of pyridine rings is 1. The Morgan fingerprint density at radius 1 is 0.426 bits per heavy atom. The largest absolute Gasteiger partial charge is 0.455 e. The van der Waals surface area contributed by atoms with Gasteiger partial charge in [-0.05, 0) is 53.6 Å². The van der Waals surface area contributed by atoms with E-state index in [9.17, 15) is 0 Å². The molecule has 0 aliphatic carbocycles. The Balaban J connectivity index is 1.15. The van der Waals surface area contributed by atoms with E-state index in [-0.39, 0.29) is 0 Å². The molecular weight excluding hydrogens is 663 g/mol. The summed E-state index contributed by atoms with van der Waals surface area (Å²) in [6, 6.07) is 58.5. The van der Waals surface area contributed by atoms with Crippen LogP contribution in [-0.2, 0) is 0 Å². The summed E-state index contributed by atoms with van der Waals surface area (Å²) in [5.74, 6) is 1.74. The standard InChI is InChI=1S/C48H29N5O/c1-3-12-30(13-4-1)31-22-24-32(25-23-31)46-50-47(33-26-27-36-35-16-8-10-20-41(35)53(42(36)28-33)34-14-5-2-6-15-34)52-48(51-46)38-18-11-21-43-44(38)39-29-49-40-19-9-7-17-37(40)45(39)54-43/h1-29H. The van der Waals surface area contributed by atoms with Crippen molar-refractivity contribution in [2.24, 2.45) is 0 Å². The summed E-state index contributed by atoms with van der Waals surface area (Å²) in [7, 11) is 0. The van der Waals surface area contributed by atoms with Crippen molar-refractivity contribution in [3.05, 3.63) is 176 Å². The van der Waals surface area contributed by atoms with Crippen LogP contribution in [0.3, 0.4) is 0 Å². The van der Waals surface area contributed by atoms with Crippen LogP contribution in [0.5, 0.6) is 0 Å². The first kappa shape index (κ1) is 30.2. The molecule has 0 saturated heterocycles. The van der Waals surface area contributed by atoms with Gasteiger partial charge in [-0.15, -0.1) is 0 Å². The molecule has 0 fully saturated rings. The molecule has 4 aromatic heterocycles. The molecule has 0 radical (unpaired) electrons. The lowest BCUT2D eigenvalue weighted by Crippen LogP contribution is -2.01. The smallest absolute Gasteiger partial charge is 0.164 e. The molecule has 0 aliphatic rings. The monoisotopic (exact) mass is 691 g/mol. The summed E-state index contributed by atoms with van der Waals surface area (Å²) in [4.78, 5) is 20.4. The highest BCUT2D eigenvalue weighted by Crippen LogP contribution is 2.40. The van der Waals surface area contributed by atoms with Crippen LogP contribution in [0.2, 0.25) is 0 Å². The van der Waals surface area contributed by atoms with Gasteiger partial charge in [0.05, 0.1) is 16.6 Å². The topological polar surface area (TPSA) is 69.6 Å². The van der Waals surface area contributed by atoms with E-state index >= 15 is 0 Å². The lowest BCUT2D eigenvalue weighted by molar-refractivity contribution is 0.672. The van der Waals surface area contributed by atoms with E-state index in [4.69, 9.17) is 24.4 Å². The van der Waals surface area contributed by atoms with E-state index in [1.165, 1.54) is 10.8 Å². The van der Waals surface area contributed by atoms with Gasteiger partial charge in [0.25, 0.3) is 0 Å². The Hall–Kier alpha value is -7.44. The molecule has 0 spiro atoms. The van der Waals surface area contributed by atoms with E-state index in [0.29, 0.717) is 17.5 Å². The van der Waals surface area contributed by atoms with Gasteiger partial charge in [-0.2, -0.15) is 0 Å². The molecule has 0 atom stereocenters. The normalized spacial score (nSPS) is 11.7. The van der Waals surface area contributed by atoms with Gasteiger partial charge in [0.15, 0.2) is 17.5 Å². The second-order valence-corrected chi connectivity index (χ2v) is 13.5. The zero-order chi connectivity index (χ0) is 35.6. The SMILES string of the molecule is c1ccc(-c2ccc(-c3nc(-c4ccc5c6ccccc6n(-c6ccccc6)c5c4)nc(-c4cccc5oc6c7ccccc7ncc6c45)n3)cc2)cc1. The number of aromatic nitrogens is 5. The summed E-state index contributed by atoms with van der Waals surface area (Å²) in [5.41, 5.74) is 10.7. The quantitative estimate of drug-likeness (QED) is 0.180. The Kier molecular flexibility index (Phi) is 6.75. The van der Waals surface area contributed by atoms with Gasteiger partial charge in [-0.25, -0.2) is 15.0 Å². The number of hydrogen-bond donors (Lipinski definition) is 0. The third-order valence-corrected chi connectivity index (χ3v) is 10.3. The summed E-state index contributed by atoms with van der Waals surface area (Å²) in [5, 5.41) is 5.17. The van der Waals surface area contributed by atoms with Gasteiger partial charge in [0, 0.05) is 55.5 Å². The van der Waals surface area contributed by atoms with Crippen molar-refractivity contribution in [1.29, 1.82) is 0 Å². The lowest BCUT2D eigenvalue weighted by atomic mass is 10.0. The summed E-state index contributed by atoms with van der Waals surface area (Å²) < 4.78 is 8.85. The number of furan rings is 1. The molecule has 4 heterocycles. The molecule has 6 nitrogen and oxygen atoms in total. The Morgan fingerprint density at radius 2 is 1.06 bits per heavy atom. The molecule has 6 heteroatoms. The van der Waals surface area contributed by atoms with Crippen molar-refractivity contribution in [3.8, 4) is 51.0 Å². The zero-order valence-corrected chi connectivity index (χ0v) is 28.9. The minimum Gasteiger partial charge on any atom is -0.455 e. The maximum atomic E-state index is 6.53. The van der Waals surface area contributed by atoms with Crippen LogP contribution in [0, 0.1) is 0 Å². The van der Waals surface area contributed by atoms with E-state index in [1.807, 2.05) is 48.7 Å². The highest BCUT2D eigenvalue weighted by Gasteiger charge is 2.20. The number of fused-ring (bicyclic) bond motifs is 8. The first-order chi connectivity index (χ1) is 26.8. The van der Waals surface area contributed by atoms with Gasteiger partial charge in [-0.3, -0.25) is 4.98 Å². The molecule has 0 amide bonds. The molecule has 0 bridgehead atoms. The highest BCUT2D eigenvalue weighted by molar-refractivity contribution is 6.17. The molecule has 252 valence electrons. The predicted molar refractivity (Wildman–Crippen MR) is 218 cm³/mol. The van der Waals surface area contributed by atoms with E-state index in [2.05, 4.69) is 132 Å². The molecule has 0 N–H and O–H groups in total. The molecule has 0 aliphatic heterocycles. The van der Waals surface area contributed by atoms with Crippen molar-refractivity contribution in [2.75, 3.05) is 0 Å². The van der Waals surface area contributed by atoms with E-state index in [1.54, 1.807) is 0 Å². The van der Waals surface area contributed by atoms with Crippen molar-refractivity contribution in [1.82, 2.24) is 24.5 Å². The maximum Gasteiger partial charge on any atom is 0.164 e. The average Bonchev–Trinajstić information content (AvgIpc) is 3.80. The van der Waals surface area contributed by atoms with Crippen molar-refractivity contribution in [2.45, 2.75) is 0 Å². The van der Waals surface area contributed by atoms with Crippen molar-refractivity contribution < 1.29 is 4.42 Å². The fourth-order valence-electron chi connectivity index (χ4n) is 7.76. The number of rotatable bonds is 5. The van der Waals surface area contributed by atoms with Crippen molar-refractivity contribution in [3.63, 3.8) is 0 Å². The third-order valence-electron chi connectivity index (χ3n) is 10.3. The number of hydrogen-bond acceptors (Lipinski definition) is 5. The first-order valence-electron chi connectivity index (χ1n) is 18.0. The predicted octanol–water partition coefficient (Wildman–Crippen LogP) is 12.1. The van der Waals surface area contributed by atoms with Gasteiger partial charge in [0.2, 0.25) is 0 Å². The minimum atomic E-state index is 0.562. The van der Waals surface area contributed by atoms with Crippen LogP contribution in [0.25, 0.3) is 106 Å². The molecule has 11 rings (SSSR count). The highest BCUT2D eigenvalue weighted by atomic mass is 16.3. The van der Waals surface area contributed by atoms with Gasteiger partial charge in [0.1, 0.15) is 11.2 Å². The van der Waals surface area contributed by atoms with Crippen LogP contribution in [0.15, 0.2) is 180 Å². The molecule has 0 unspecified atom stereocenters. The van der Waals surface area contributed by atoms with Gasteiger partial charge >= 0.3 is 0 Å². The van der Waals surface area contributed by atoms with Crippen LogP contribution < -0.4 is 0 Å². The van der Waals surface area contributed by atoms with Gasteiger partial charge in [-0.1, -0.05) is 127 Å².